The Morgan fingerprint density at radius 1 is 1.22 bits per heavy atom. The van der Waals surface area contributed by atoms with Gasteiger partial charge in [-0.05, 0) is 64.5 Å². The lowest BCUT2D eigenvalue weighted by Gasteiger charge is -2.14. The van der Waals surface area contributed by atoms with E-state index in [0.717, 1.165) is 11.1 Å². The number of alkyl halides is 3. The second kappa shape index (κ2) is 10.5. The van der Waals surface area contributed by atoms with Crippen LogP contribution in [0.15, 0.2) is 71.2 Å². The number of rotatable bonds is 7. The lowest BCUT2D eigenvalue weighted by molar-refractivity contribution is -0.0964. The van der Waals surface area contributed by atoms with Crippen LogP contribution in [0, 0.1) is 4.77 Å². The summed E-state index contributed by atoms with van der Waals surface area (Å²) in [6.07, 6.45) is -0.646. The van der Waals surface area contributed by atoms with E-state index in [2.05, 4.69) is 31.0 Å². The van der Waals surface area contributed by atoms with Crippen molar-refractivity contribution >= 4 is 62.4 Å². The van der Waals surface area contributed by atoms with Gasteiger partial charge in [-0.1, -0.05) is 30.3 Å². The molecule has 1 amide bonds. The number of anilines is 1. The van der Waals surface area contributed by atoms with E-state index in [1.54, 1.807) is 12.1 Å². The van der Waals surface area contributed by atoms with Crippen LogP contribution in [0.1, 0.15) is 22.2 Å². The standard InChI is InChI=1S/C25H19BrClF2N3O4S/c26-19-10-15(22(33)30-16-6-8-17(9-7-16)36-25(27,28)29)11-20-21(19)32(24(37)31-20)12-18-13-34-23(35-18)14-4-2-1-3-5-14/h1-11,18,23H,12-13H2,(H,30,33)(H,31,37)/t18-,23?/m0/s1. The fraction of sp³-hybridized carbons (Fsp3) is 0.200. The predicted octanol–water partition coefficient (Wildman–Crippen LogP) is 7.00. The van der Waals surface area contributed by atoms with Crippen molar-refractivity contribution in [3.63, 3.8) is 0 Å². The first kappa shape index (κ1) is 25.8. The van der Waals surface area contributed by atoms with Gasteiger partial charge in [0, 0.05) is 32.9 Å². The van der Waals surface area contributed by atoms with Gasteiger partial charge in [0.1, 0.15) is 11.9 Å². The summed E-state index contributed by atoms with van der Waals surface area (Å²) >= 11 is 13.9. The van der Waals surface area contributed by atoms with Gasteiger partial charge in [0.25, 0.3) is 5.91 Å². The van der Waals surface area contributed by atoms with E-state index in [4.69, 9.17) is 33.3 Å². The number of ether oxygens (including phenoxy) is 3. The Labute approximate surface area is 228 Å². The minimum Gasteiger partial charge on any atom is -0.420 e. The molecule has 3 aromatic carbocycles. The predicted molar refractivity (Wildman–Crippen MR) is 141 cm³/mol. The number of amides is 1. The first-order chi connectivity index (χ1) is 17.7. The number of nitrogens with one attached hydrogen (secondary N) is 2. The average molecular weight is 611 g/mol. The number of H-pyrrole nitrogens is 1. The van der Waals surface area contributed by atoms with E-state index in [1.807, 2.05) is 34.9 Å². The smallest absolute Gasteiger partial charge is 0.420 e. The molecule has 5 rings (SSSR count). The number of hydrogen-bond acceptors (Lipinski definition) is 5. The fourth-order valence-corrected chi connectivity index (χ4v) is 5.07. The molecule has 7 nitrogen and oxygen atoms in total. The number of fused-ring (bicyclic) bond motifs is 1. The van der Waals surface area contributed by atoms with Crippen LogP contribution >= 0.6 is 39.7 Å². The second-order valence-corrected chi connectivity index (χ2v) is 9.94. The molecular formula is C25H19BrClF2N3O4S. The number of nitrogens with zero attached hydrogens (tertiary/aromatic N) is 1. The molecule has 0 bridgehead atoms. The van der Waals surface area contributed by atoms with Crippen molar-refractivity contribution < 1.29 is 27.8 Å². The van der Waals surface area contributed by atoms with Gasteiger partial charge in [-0.3, -0.25) is 4.79 Å². The number of aromatic nitrogens is 2. The fourth-order valence-electron chi connectivity index (χ4n) is 4.03. The Hall–Kier alpha value is -2.83. The van der Waals surface area contributed by atoms with Crippen molar-refractivity contribution in [2.45, 2.75) is 24.5 Å². The lowest BCUT2D eigenvalue weighted by Crippen LogP contribution is -2.18. The maximum atomic E-state index is 12.9. The van der Waals surface area contributed by atoms with E-state index >= 15 is 0 Å². The van der Waals surface area contributed by atoms with Crippen LogP contribution in [0.2, 0.25) is 0 Å². The van der Waals surface area contributed by atoms with Gasteiger partial charge in [-0.2, -0.15) is 0 Å². The molecule has 37 heavy (non-hydrogen) atoms. The van der Waals surface area contributed by atoms with E-state index in [9.17, 15) is 13.6 Å². The Morgan fingerprint density at radius 2 is 1.95 bits per heavy atom. The van der Waals surface area contributed by atoms with Crippen molar-refractivity contribution in [3.8, 4) is 5.75 Å². The Kier molecular flexibility index (Phi) is 7.32. The summed E-state index contributed by atoms with van der Waals surface area (Å²) in [5, 5.41) is 2.72. The number of benzene rings is 3. The maximum absolute atomic E-state index is 12.9. The Balaban J connectivity index is 1.31. The molecule has 0 radical (unpaired) electrons. The molecule has 2 heterocycles. The molecule has 1 unspecified atom stereocenters. The van der Waals surface area contributed by atoms with E-state index < -0.39 is 17.8 Å². The first-order valence-electron chi connectivity index (χ1n) is 11.1. The van der Waals surface area contributed by atoms with E-state index in [1.165, 1.54) is 24.3 Å². The summed E-state index contributed by atoms with van der Waals surface area (Å²) in [7, 11) is 0. The summed E-state index contributed by atoms with van der Waals surface area (Å²) in [6, 6.07) is 18.5. The molecular weight excluding hydrogens is 592 g/mol. The van der Waals surface area contributed by atoms with Crippen LogP contribution < -0.4 is 10.1 Å². The van der Waals surface area contributed by atoms with Gasteiger partial charge in [0.15, 0.2) is 11.1 Å². The molecule has 1 aromatic heterocycles. The molecule has 4 aromatic rings. The number of carbonyl (C=O) groups excluding carboxylic acids is 1. The summed E-state index contributed by atoms with van der Waals surface area (Å²) in [4.78, 5) is 16.0. The number of halogens is 4. The number of aromatic amines is 1. The zero-order valence-corrected chi connectivity index (χ0v) is 22.1. The van der Waals surface area contributed by atoms with E-state index in [0.29, 0.717) is 39.2 Å². The molecule has 12 heteroatoms. The largest absolute Gasteiger partial charge is 0.487 e. The van der Waals surface area contributed by atoms with Crippen LogP contribution in [0.25, 0.3) is 11.0 Å². The second-order valence-electron chi connectivity index (χ2n) is 8.26. The lowest BCUT2D eigenvalue weighted by atomic mass is 10.1. The van der Waals surface area contributed by atoms with Crippen molar-refractivity contribution in [2.24, 2.45) is 0 Å². The van der Waals surface area contributed by atoms with Crippen LogP contribution in [0.4, 0.5) is 14.5 Å². The highest BCUT2D eigenvalue weighted by molar-refractivity contribution is 9.10. The Morgan fingerprint density at radius 3 is 2.65 bits per heavy atom. The topological polar surface area (TPSA) is 77.5 Å². The molecule has 1 aliphatic rings. The summed E-state index contributed by atoms with van der Waals surface area (Å²) in [5.41, 5.74) is -0.663. The molecule has 1 saturated heterocycles. The van der Waals surface area contributed by atoms with Crippen LogP contribution in [0.3, 0.4) is 0 Å². The van der Waals surface area contributed by atoms with Crippen molar-refractivity contribution in [2.75, 3.05) is 11.9 Å². The van der Waals surface area contributed by atoms with Crippen molar-refractivity contribution in [1.82, 2.24) is 9.55 Å². The van der Waals surface area contributed by atoms with Gasteiger partial charge in [-0.15, -0.1) is 8.78 Å². The zero-order chi connectivity index (χ0) is 26.2. The molecule has 192 valence electrons. The third-order valence-corrected chi connectivity index (χ3v) is 6.64. The van der Waals surface area contributed by atoms with Gasteiger partial charge >= 0.3 is 5.57 Å². The number of carbonyl (C=O) groups is 1. The first-order valence-corrected chi connectivity index (χ1v) is 12.7. The highest BCUT2D eigenvalue weighted by atomic mass is 79.9. The SMILES string of the molecule is O=C(Nc1ccc(OC(F)(F)Cl)cc1)c1cc(Br)c2c(c1)[nH]c(=S)n2C[C@H]1COC(c2ccccc2)O1. The molecule has 2 N–H and O–H groups in total. The highest BCUT2D eigenvalue weighted by Crippen LogP contribution is 2.31. The number of imidazole rings is 1. The average Bonchev–Trinajstić information content (AvgIpc) is 3.44. The molecule has 2 atom stereocenters. The van der Waals surface area contributed by atoms with Gasteiger partial charge < -0.3 is 29.1 Å². The van der Waals surface area contributed by atoms with Gasteiger partial charge in [0.2, 0.25) is 0 Å². The minimum absolute atomic E-state index is 0.136. The highest BCUT2D eigenvalue weighted by Gasteiger charge is 2.29. The maximum Gasteiger partial charge on any atom is 0.487 e. The van der Waals surface area contributed by atoms with E-state index in [-0.39, 0.29) is 11.9 Å². The third-order valence-electron chi connectivity index (χ3n) is 5.64. The minimum atomic E-state index is -3.82. The Bertz CT molecular complexity index is 1490. The summed E-state index contributed by atoms with van der Waals surface area (Å²) in [6.45, 7) is 0.876. The molecule has 0 saturated carbocycles. The number of hydrogen-bond donors (Lipinski definition) is 2. The summed E-state index contributed by atoms with van der Waals surface area (Å²) in [5.74, 6) is -0.535. The molecule has 1 fully saturated rings. The summed E-state index contributed by atoms with van der Waals surface area (Å²) < 4.78 is 44.8. The van der Waals surface area contributed by atoms with Crippen LogP contribution in [0.5, 0.6) is 5.75 Å². The normalized spacial score (nSPS) is 17.7. The molecule has 1 aliphatic heterocycles. The zero-order valence-electron chi connectivity index (χ0n) is 18.9. The van der Waals surface area contributed by atoms with Crippen molar-refractivity contribution in [1.29, 1.82) is 0 Å². The molecule has 0 spiro atoms. The van der Waals surface area contributed by atoms with Gasteiger partial charge in [0.05, 0.1) is 24.2 Å². The van der Waals surface area contributed by atoms with Crippen molar-refractivity contribution in [3.05, 3.63) is 87.1 Å². The van der Waals surface area contributed by atoms with Gasteiger partial charge in [-0.25, -0.2) is 0 Å². The third kappa shape index (κ3) is 6.02. The quantitative estimate of drug-likeness (QED) is 0.174. The van der Waals surface area contributed by atoms with Crippen LogP contribution in [-0.2, 0) is 16.0 Å². The monoisotopic (exact) mass is 609 g/mol. The molecule has 0 aliphatic carbocycles. The van der Waals surface area contributed by atoms with Crippen LogP contribution in [-0.4, -0.2) is 33.7 Å².